The molecule has 0 aromatic carbocycles. The third kappa shape index (κ3) is 3.65. The van der Waals surface area contributed by atoms with Gasteiger partial charge >= 0.3 is 0 Å². The first-order valence-electron chi connectivity index (χ1n) is 4.54. The van der Waals surface area contributed by atoms with Gasteiger partial charge in [0.1, 0.15) is 12.7 Å². The van der Waals surface area contributed by atoms with Crippen LogP contribution in [0.15, 0.2) is 16.9 Å². The molecule has 0 N–H and O–H groups in total. The van der Waals surface area contributed by atoms with Gasteiger partial charge in [-0.2, -0.15) is 0 Å². The van der Waals surface area contributed by atoms with Crippen molar-refractivity contribution in [2.45, 2.75) is 26.6 Å². The van der Waals surface area contributed by atoms with Crippen LogP contribution in [0, 0.1) is 18.4 Å². The maximum atomic E-state index is 4.21. The fourth-order valence-corrected chi connectivity index (χ4v) is 1.62. The predicted molar refractivity (Wildman–Crippen MR) is 66.9 cm³/mol. The van der Waals surface area contributed by atoms with E-state index in [1.807, 2.05) is 13.1 Å². The van der Waals surface area contributed by atoms with Crippen molar-refractivity contribution in [1.82, 2.24) is 4.98 Å². The second kappa shape index (κ2) is 4.29. The zero-order valence-electron chi connectivity index (χ0n) is 8.98. The molecule has 0 saturated heterocycles. The summed E-state index contributed by atoms with van der Waals surface area (Å²) in [5.74, 6) is 3.18. The first kappa shape index (κ1) is 11.5. The van der Waals surface area contributed by atoms with E-state index in [0.29, 0.717) is 0 Å². The second-order valence-corrected chi connectivity index (χ2v) is 9.83. The van der Waals surface area contributed by atoms with Crippen molar-refractivity contribution in [2.24, 2.45) is 0 Å². The Morgan fingerprint density at radius 1 is 1.36 bits per heavy atom. The Morgan fingerprint density at radius 3 is 2.50 bits per heavy atom. The fourth-order valence-electron chi connectivity index (χ4n) is 0.886. The molecule has 0 spiro atoms. The third-order valence-electron chi connectivity index (χ3n) is 1.60. The zero-order chi connectivity index (χ0) is 10.8. The van der Waals surface area contributed by atoms with Gasteiger partial charge in [-0.15, -0.1) is 5.54 Å². The largest absolute Gasteiger partial charge is 0.248 e. The van der Waals surface area contributed by atoms with Crippen LogP contribution in [-0.4, -0.2) is 13.1 Å². The summed E-state index contributed by atoms with van der Waals surface area (Å²) in [5.41, 5.74) is 5.46. The molecule has 1 rings (SSSR count). The molecular formula is C11H14BrNSi. The average molecular weight is 268 g/mol. The number of hydrogen-bond donors (Lipinski definition) is 0. The lowest BCUT2D eigenvalue weighted by molar-refractivity contribution is 1.21. The molecule has 0 atom stereocenters. The molecule has 1 heterocycles. The summed E-state index contributed by atoms with van der Waals surface area (Å²) in [6, 6.07) is 2.06. The van der Waals surface area contributed by atoms with Gasteiger partial charge in [0.25, 0.3) is 0 Å². The van der Waals surface area contributed by atoms with Crippen LogP contribution in [0.25, 0.3) is 0 Å². The summed E-state index contributed by atoms with van der Waals surface area (Å²) in [7, 11) is -1.27. The van der Waals surface area contributed by atoms with Crippen LogP contribution in [0.5, 0.6) is 0 Å². The van der Waals surface area contributed by atoms with E-state index in [0.717, 1.165) is 15.7 Å². The number of rotatable bonds is 0. The number of hydrogen-bond acceptors (Lipinski definition) is 1. The SMILES string of the molecule is Cc1cc(C#C[Si](C)(C)C)cnc1Br. The van der Waals surface area contributed by atoms with E-state index < -0.39 is 8.07 Å². The molecule has 0 aliphatic rings. The molecule has 74 valence electrons. The van der Waals surface area contributed by atoms with Crippen molar-refractivity contribution in [3.8, 4) is 11.5 Å². The minimum atomic E-state index is -1.27. The van der Waals surface area contributed by atoms with Gasteiger partial charge in [0.2, 0.25) is 0 Å². The molecule has 14 heavy (non-hydrogen) atoms. The first-order valence-corrected chi connectivity index (χ1v) is 8.83. The topological polar surface area (TPSA) is 12.9 Å². The summed E-state index contributed by atoms with van der Waals surface area (Å²) >= 11 is 3.37. The van der Waals surface area contributed by atoms with Crippen LogP contribution in [0.2, 0.25) is 19.6 Å². The molecule has 0 saturated carbocycles. The molecule has 1 nitrogen and oxygen atoms in total. The maximum absolute atomic E-state index is 4.21. The van der Waals surface area contributed by atoms with Crippen molar-refractivity contribution in [1.29, 1.82) is 0 Å². The molecule has 3 heteroatoms. The first-order chi connectivity index (χ1) is 6.38. The third-order valence-corrected chi connectivity index (χ3v) is 3.30. The molecule has 0 aliphatic carbocycles. The minimum Gasteiger partial charge on any atom is -0.248 e. The van der Waals surface area contributed by atoms with Gasteiger partial charge in [-0.25, -0.2) is 4.98 Å². The Hall–Kier alpha value is -0.593. The summed E-state index contributed by atoms with van der Waals surface area (Å²) in [6.07, 6.45) is 1.81. The Labute approximate surface area is 95.1 Å². The monoisotopic (exact) mass is 267 g/mol. The Balaban J connectivity index is 2.98. The van der Waals surface area contributed by atoms with Crippen molar-refractivity contribution in [3.63, 3.8) is 0 Å². The van der Waals surface area contributed by atoms with Crippen LogP contribution in [-0.2, 0) is 0 Å². The summed E-state index contributed by atoms with van der Waals surface area (Å²) in [4.78, 5) is 4.21. The van der Waals surface area contributed by atoms with Crippen molar-refractivity contribution in [3.05, 3.63) is 28.0 Å². The van der Waals surface area contributed by atoms with E-state index in [1.54, 1.807) is 0 Å². The van der Waals surface area contributed by atoms with Crippen LogP contribution in [0.1, 0.15) is 11.1 Å². The minimum absolute atomic E-state index is 0.899. The van der Waals surface area contributed by atoms with Crippen LogP contribution in [0.4, 0.5) is 0 Å². The van der Waals surface area contributed by atoms with E-state index in [4.69, 9.17) is 0 Å². The van der Waals surface area contributed by atoms with Gasteiger partial charge < -0.3 is 0 Å². The highest BCUT2D eigenvalue weighted by molar-refractivity contribution is 9.10. The van der Waals surface area contributed by atoms with Gasteiger partial charge in [-0.1, -0.05) is 25.6 Å². The number of halogens is 1. The summed E-state index contributed by atoms with van der Waals surface area (Å²) < 4.78 is 0.899. The molecule has 1 aromatic heterocycles. The highest BCUT2D eigenvalue weighted by Crippen LogP contribution is 2.13. The van der Waals surface area contributed by atoms with Crippen LogP contribution >= 0.6 is 15.9 Å². The molecule has 0 fully saturated rings. The smallest absolute Gasteiger partial charge is 0.129 e. The Morgan fingerprint density at radius 2 is 2.00 bits per heavy atom. The number of pyridine rings is 1. The fraction of sp³-hybridized carbons (Fsp3) is 0.364. The lowest BCUT2D eigenvalue weighted by Gasteiger charge is -2.03. The molecule has 0 unspecified atom stereocenters. The molecule has 1 aromatic rings. The van der Waals surface area contributed by atoms with E-state index >= 15 is 0 Å². The predicted octanol–water partition coefficient (Wildman–Crippen LogP) is 3.38. The number of aryl methyl sites for hydroxylation is 1. The van der Waals surface area contributed by atoms with Gasteiger partial charge in [-0.3, -0.25) is 0 Å². The Kier molecular flexibility index (Phi) is 3.52. The second-order valence-electron chi connectivity index (χ2n) is 4.33. The van der Waals surface area contributed by atoms with Gasteiger partial charge in [-0.05, 0) is 34.5 Å². The molecule has 0 bridgehead atoms. The quantitative estimate of drug-likeness (QED) is 0.399. The normalized spacial score (nSPS) is 10.6. The van der Waals surface area contributed by atoms with Crippen molar-refractivity contribution >= 4 is 24.0 Å². The van der Waals surface area contributed by atoms with Gasteiger partial charge in [0.05, 0.1) is 0 Å². The lowest BCUT2D eigenvalue weighted by atomic mass is 10.2. The average Bonchev–Trinajstić information content (AvgIpc) is 2.06. The van der Waals surface area contributed by atoms with E-state index in [9.17, 15) is 0 Å². The number of nitrogens with zero attached hydrogens (tertiary/aromatic N) is 1. The highest BCUT2D eigenvalue weighted by Gasteiger charge is 2.07. The van der Waals surface area contributed by atoms with Gasteiger partial charge in [0.15, 0.2) is 0 Å². The zero-order valence-corrected chi connectivity index (χ0v) is 11.6. The summed E-state index contributed by atoms with van der Waals surface area (Å²) in [6.45, 7) is 8.73. The molecular weight excluding hydrogens is 254 g/mol. The van der Waals surface area contributed by atoms with E-state index in [-0.39, 0.29) is 0 Å². The van der Waals surface area contributed by atoms with Crippen LogP contribution < -0.4 is 0 Å². The Bertz CT molecular complexity index is 396. The number of aromatic nitrogens is 1. The maximum Gasteiger partial charge on any atom is 0.129 e. The molecule has 0 radical (unpaired) electrons. The molecule has 0 aliphatic heterocycles. The van der Waals surface area contributed by atoms with Crippen LogP contribution in [0.3, 0.4) is 0 Å². The lowest BCUT2D eigenvalue weighted by Crippen LogP contribution is -2.16. The van der Waals surface area contributed by atoms with Crippen molar-refractivity contribution < 1.29 is 0 Å². The van der Waals surface area contributed by atoms with Gasteiger partial charge in [0, 0.05) is 11.8 Å². The van der Waals surface area contributed by atoms with E-state index in [1.165, 1.54) is 0 Å². The molecule has 0 amide bonds. The van der Waals surface area contributed by atoms with Crippen molar-refractivity contribution in [2.75, 3.05) is 0 Å². The van der Waals surface area contributed by atoms with E-state index in [2.05, 4.69) is 58.1 Å². The highest BCUT2D eigenvalue weighted by atomic mass is 79.9. The summed E-state index contributed by atoms with van der Waals surface area (Å²) in [5, 5.41) is 0. The standard InChI is InChI=1S/C11H14BrNSi/c1-9-7-10(8-13-11(9)12)5-6-14(2,3)4/h7-8H,1-4H3.